The molecule has 0 fully saturated rings. The van der Waals surface area contributed by atoms with Gasteiger partial charge in [0.15, 0.2) is 0 Å². The average molecular weight is 312 g/mol. The second-order valence-electron chi connectivity index (χ2n) is 3.55. The van der Waals surface area contributed by atoms with Crippen LogP contribution in [0.25, 0.3) is 0 Å². The van der Waals surface area contributed by atoms with Crippen LogP contribution in [-0.2, 0) is 0 Å². The molecule has 2 heterocycles. The molecule has 0 aromatic carbocycles. The van der Waals surface area contributed by atoms with Gasteiger partial charge in [0.2, 0.25) is 23.0 Å². The van der Waals surface area contributed by atoms with E-state index in [9.17, 15) is 19.2 Å². The Bertz CT molecular complexity index is 601. The smallest absolute Gasteiger partial charge is 0.371 e. The molecule has 116 valence electrons. The number of carboxylic acids is 4. The summed E-state index contributed by atoms with van der Waals surface area (Å²) in [4.78, 5) is 40.6. The fraction of sp³-hybridized carbons (Fsp3) is 0. The van der Waals surface area contributed by atoms with Gasteiger partial charge in [-0.2, -0.15) is 0 Å². The van der Waals surface area contributed by atoms with Crippen molar-refractivity contribution in [3.05, 3.63) is 47.3 Å². The third-order valence-electron chi connectivity index (χ3n) is 2.06. The molecule has 2 aromatic heterocycles. The summed E-state index contributed by atoms with van der Waals surface area (Å²) in [5.74, 6) is -6.61. The molecule has 0 bridgehead atoms. The molecule has 0 aliphatic rings. The lowest BCUT2D eigenvalue weighted by atomic mass is 10.4. The molecule has 0 spiro atoms. The number of carbonyl (C=O) groups is 4. The van der Waals surface area contributed by atoms with Crippen molar-refractivity contribution < 1.29 is 48.4 Å². The van der Waals surface area contributed by atoms with E-state index in [-0.39, 0.29) is 23.0 Å². The van der Waals surface area contributed by atoms with E-state index in [4.69, 9.17) is 20.4 Å². The number of hydrogen-bond donors (Lipinski definition) is 4. The van der Waals surface area contributed by atoms with Gasteiger partial charge in [0.05, 0.1) is 0 Å². The van der Waals surface area contributed by atoms with E-state index < -0.39 is 23.9 Å². The first-order chi connectivity index (χ1) is 10.2. The first-order valence-electron chi connectivity index (χ1n) is 5.35. The van der Waals surface area contributed by atoms with E-state index >= 15 is 0 Å². The topological polar surface area (TPSA) is 175 Å². The van der Waals surface area contributed by atoms with Crippen LogP contribution in [0.5, 0.6) is 0 Å². The first kappa shape index (κ1) is 16.5. The van der Waals surface area contributed by atoms with Crippen LogP contribution in [0.2, 0.25) is 0 Å². The second kappa shape index (κ2) is 6.74. The van der Waals surface area contributed by atoms with E-state index in [0.29, 0.717) is 0 Å². The van der Waals surface area contributed by atoms with Crippen LogP contribution in [0.3, 0.4) is 0 Å². The number of furan rings is 2. The maximum Gasteiger partial charge on any atom is 0.371 e. The Kier molecular flexibility index (Phi) is 5.06. The fourth-order valence-corrected chi connectivity index (χ4v) is 1.14. The van der Waals surface area contributed by atoms with Gasteiger partial charge in [0, 0.05) is 0 Å². The summed E-state index contributed by atoms with van der Waals surface area (Å²) in [6.45, 7) is 0. The Balaban J connectivity index is 0.000000220. The van der Waals surface area contributed by atoms with Gasteiger partial charge in [-0.15, -0.1) is 0 Å². The Morgan fingerprint density at radius 2 is 0.727 bits per heavy atom. The van der Waals surface area contributed by atoms with Crippen molar-refractivity contribution in [3.8, 4) is 0 Å². The van der Waals surface area contributed by atoms with Crippen LogP contribution in [0.15, 0.2) is 33.1 Å². The van der Waals surface area contributed by atoms with Crippen molar-refractivity contribution in [2.24, 2.45) is 0 Å². The minimum absolute atomic E-state index is 0.373. The third kappa shape index (κ3) is 4.23. The van der Waals surface area contributed by atoms with Gasteiger partial charge >= 0.3 is 23.9 Å². The molecule has 0 saturated carbocycles. The monoisotopic (exact) mass is 312 g/mol. The van der Waals surface area contributed by atoms with Crippen molar-refractivity contribution in [1.29, 1.82) is 0 Å². The van der Waals surface area contributed by atoms with Crippen molar-refractivity contribution in [2.75, 3.05) is 0 Å². The van der Waals surface area contributed by atoms with Crippen molar-refractivity contribution in [3.63, 3.8) is 0 Å². The number of rotatable bonds is 4. The highest BCUT2D eigenvalue weighted by Crippen LogP contribution is 2.07. The van der Waals surface area contributed by atoms with Gasteiger partial charge < -0.3 is 29.3 Å². The Morgan fingerprint density at radius 3 is 0.818 bits per heavy atom. The Labute approximate surface area is 120 Å². The summed E-state index contributed by atoms with van der Waals surface area (Å²) in [5, 5.41) is 33.2. The summed E-state index contributed by atoms with van der Waals surface area (Å²) in [5.41, 5.74) is 0. The van der Waals surface area contributed by atoms with Crippen LogP contribution in [0.1, 0.15) is 42.2 Å². The zero-order valence-corrected chi connectivity index (χ0v) is 10.5. The van der Waals surface area contributed by atoms with Crippen LogP contribution in [0.4, 0.5) is 0 Å². The molecule has 4 N–H and O–H groups in total. The molecular weight excluding hydrogens is 304 g/mol. The molecule has 2 aromatic rings. The molecule has 10 nitrogen and oxygen atoms in total. The quantitative estimate of drug-likeness (QED) is 0.644. The SMILES string of the molecule is O=C(O)c1ccc(C(=O)O)o1.O=C(O)c1ccc(C(=O)O)o1. The van der Waals surface area contributed by atoms with Gasteiger partial charge in [0.1, 0.15) is 0 Å². The van der Waals surface area contributed by atoms with Crippen LogP contribution in [0, 0.1) is 0 Å². The molecule has 0 unspecified atom stereocenters. The number of hydrogen-bond acceptors (Lipinski definition) is 6. The maximum atomic E-state index is 10.2. The Hall–Kier alpha value is -3.56. The molecule has 2 rings (SSSR count). The lowest BCUT2D eigenvalue weighted by Gasteiger charge is -1.84. The summed E-state index contributed by atoms with van der Waals surface area (Å²) in [6, 6.07) is 4.36. The van der Waals surface area contributed by atoms with Gasteiger partial charge in [-0.3, -0.25) is 0 Å². The molecular formula is C12H8O10. The highest BCUT2D eigenvalue weighted by Gasteiger charge is 2.13. The van der Waals surface area contributed by atoms with Crippen molar-refractivity contribution in [1.82, 2.24) is 0 Å². The van der Waals surface area contributed by atoms with E-state index in [2.05, 4.69) is 8.83 Å². The maximum absolute atomic E-state index is 10.2. The predicted octanol–water partition coefficient (Wildman–Crippen LogP) is 1.35. The molecule has 0 atom stereocenters. The van der Waals surface area contributed by atoms with E-state index in [1.807, 2.05) is 0 Å². The highest BCUT2D eigenvalue weighted by atomic mass is 16.4. The zero-order chi connectivity index (χ0) is 16.9. The van der Waals surface area contributed by atoms with E-state index in [1.165, 1.54) is 0 Å². The standard InChI is InChI=1S/2C6H4O5/c2*7-5(8)3-1-2-4(11-3)6(9)10/h2*1-2H,(H,7,8)(H,9,10). The molecule has 0 aliphatic carbocycles. The largest absolute Gasteiger partial charge is 0.475 e. The van der Waals surface area contributed by atoms with Crippen molar-refractivity contribution >= 4 is 23.9 Å². The summed E-state index contributed by atoms with van der Waals surface area (Å²) in [7, 11) is 0. The second-order valence-corrected chi connectivity index (χ2v) is 3.55. The van der Waals surface area contributed by atoms with E-state index in [0.717, 1.165) is 24.3 Å². The van der Waals surface area contributed by atoms with Crippen LogP contribution in [-0.4, -0.2) is 44.3 Å². The molecule has 0 aliphatic heterocycles. The molecule has 0 radical (unpaired) electrons. The minimum atomic E-state index is -1.28. The van der Waals surface area contributed by atoms with Gasteiger partial charge in [-0.05, 0) is 24.3 Å². The number of aromatic carboxylic acids is 4. The first-order valence-corrected chi connectivity index (χ1v) is 5.35. The van der Waals surface area contributed by atoms with Gasteiger partial charge in [0.25, 0.3) is 0 Å². The van der Waals surface area contributed by atoms with Gasteiger partial charge in [-0.25, -0.2) is 19.2 Å². The molecule has 0 saturated heterocycles. The van der Waals surface area contributed by atoms with Crippen molar-refractivity contribution in [2.45, 2.75) is 0 Å². The fourth-order valence-electron chi connectivity index (χ4n) is 1.14. The van der Waals surface area contributed by atoms with E-state index in [1.54, 1.807) is 0 Å². The third-order valence-corrected chi connectivity index (χ3v) is 2.06. The van der Waals surface area contributed by atoms with Gasteiger partial charge in [-0.1, -0.05) is 0 Å². The number of carboxylic acid groups (broad SMARTS) is 4. The lowest BCUT2D eigenvalue weighted by molar-refractivity contribution is 0.0612. The molecule has 22 heavy (non-hydrogen) atoms. The summed E-state index contributed by atoms with van der Waals surface area (Å²) < 4.78 is 8.81. The summed E-state index contributed by atoms with van der Waals surface area (Å²) in [6.07, 6.45) is 0. The predicted molar refractivity (Wildman–Crippen MR) is 65.3 cm³/mol. The minimum Gasteiger partial charge on any atom is -0.475 e. The molecule has 10 heteroatoms. The summed E-state index contributed by atoms with van der Waals surface area (Å²) >= 11 is 0. The Morgan fingerprint density at radius 1 is 0.545 bits per heavy atom. The highest BCUT2D eigenvalue weighted by molar-refractivity contribution is 5.89. The van der Waals surface area contributed by atoms with Crippen LogP contribution >= 0.6 is 0 Å². The molecule has 0 amide bonds. The average Bonchev–Trinajstić information content (AvgIpc) is 3.09. The van der Waals surface area contributed by atoms with Crippen LogP contribution < -0.4 is 0 Å². The lowest BCUT2D eigenvalue weighted by Crippen LogP contribution is -1.94. The normalized spacial score (nSPS) is 9.45. The zero-order valence-electron chi connectivity index (χ0n) is 10.5.